The summed E-state index contributed by atoms with van der Waals surface area (Å²) in [6.45, 7) is 0. The standard InChI is InChI=1S/C21H16ClFN2O/c22-18-12-7-13-19(23)17(18)14-24-25-21(26)20(15-8-3-1-4-9-15)16-10-5-2-6-11-16/h1-14,20H,(H,25,26). The lowest BCUT2D eigenvalue weighted by molar-refractivity contribution is -0.121. The Balaban J connectivity index is 1.84. The number of carbonyl (C=O) groups is 1. The summed E-state index contributed by atoms with van der Waals surface area (Å²) in [5.74, 6) is -1.34. The van der Waals surface area contributed by atoms with Crippen molar-refractivity contribution in [2.75, 3.05) is 0 Å². The van der Waals surface area contributed by atoms with Crippen LogP contribution in [0.15, 0.2) is 84.0 Å². The average molecular weight is 367 g/mol. The molecule has 0 saturated heterocycles. The van der Waals surface area contributed by atoms with Crippen LogP contribution < -0.4 is 5.43 Å². The number of amides is 1. The molecule has 1 N–H and O–H groups in total. The zero-order chi connectivity index (χ0) is 18.4. The number of rotatable bonds is 5. The molecule has 3 nitrogen and oxygen atoms in total. The number of hydrogen-bond donors (Lipinski definition) is 1. The van der Waals surface area contributed by atoms with Crippen LogP contribution in [0, 0.1) is 5.82 Å². The number of hydrazone groups is 1. The van der Waals surface area contributed by atoms with Gasteiger partial charge in [-0.05, 0) is 23.3 Å². The van der Waals surface area contributed by atoms with E-state index in [1.165, 1.54) is 18.3 Å². The van der Waals surface area contributed by atoms with Crippen LogP contribution in [0.25, 0.3) is 0 Å². The summed E-state index contributed by atoms with van der Waals surface area (Å²) < 4.78 is 13.8. The van der Waals surface area contributed by atoms with E-state index in [2.05, 4.69) is 10.5 Å². The molecule has 0 heterocycles. The third kappa shape index (κ3) is 4.16. The van der Waals surface area contributed by atoms with Crippen molar-refractivity contribution in [3.05, 3.63) is 106 Å². The van der Waals surface area contributed by atoms with Crippen molar-refractivity contribution in [2.45, 2.75) is 5.92 Å². The summed E-state index contributed by atoms with van der Waals surface area (Å²) in [5.41, 5.74) is 4.30. The first-order chi connectivity index (χ1) is 12.7. The number of hydrogen-bond acceptors (Lipinski definition) is 2. The van der Waals surface area contributed by atoms with Gasteiger partial charge in [-0.2, -0.15) is 5.10 Å². The maximum Gasteiger partial charge on any atom is 0.252 e. The van der Waals surface area contributed by atoms with Crippen molar-refractivity contribution in [1.82, 2.24) is 5.43 Å². The summed E-state index contributed by atoms with van der Waals surface area (Å²) in [6, 6.07) is 23.2. The van der Waals surface area contributed by atoms with Crippen LogP contribution in [-0.4, -0.2) is 12.1 Å². The fraction of sp³-hybridized carbons (Fsp3) is 0.0476. The Hall–Kier alpha value is -2.98. The molecule has 1 amide bonds. The lowest BCUT2D eigenvalue weighted by Crippen LogP contribution is -2.26. The molecule has 0 aliphatic rings. The number of benzene rings is 3. The van der Waals surface area contributed by atoms with Crippen LogP contribution in [0.2, 0.25) is 5.02 Å². The largest absolute Gasteiger partial charge is 0.272 e. The molecule has 0 atom stereocenters. The minimum absolute atomic E-state index is 0.130. The smallest absolute Gasteiger partial charge is 0.252 e. The Bertz CT molecular complexity index is 854. The maximum absolute atomic E-state index is 13.8. The molecule has 3 rings (SSSR count). The zero-order valence-corrected chi connectivity index (χ0v) is 14.5. The summed E-state index contributed by atoms with van der Waals surface area (Å²) in [7, 11) is 0. The molecule has 3 aromatic carbocycles. The normalized spacial score (nSPS) is 11.0. The molecule has 0 fully saturated rings. The Kier molecular flexibility index (Phi) is 5.77. The van der Waals surface area contributed by atoms with Gasteiger partial charge in [0.15, 0.2) is 0 Å². The van der Waals surface area contributed by atoms with Gasteiger partial charge in [-0.1, -0.05) is 78.3 Å². The molecule has 26 heavy (non-hydrogen) atoms. The molecule has 0 radical (unpaired) electrons. The Morgan fingerprint density at radius 2 is 1.50 bits per heavy atom. The number of nitrogens with one attached hydrogen (secondary N) is 1. The van der Waals surface area contributed by atoms with E-state index >= 15 is 0 Å². The molecule has 0 aliphatic carbocycles. The summed E-state index contributed by atoms with van der Waals surface area (Å²) >= 11 is 5.96. The van der Waals surface area contributed by atoms with Crippen molar-refractivity contribution in [1.29, 1.82) is 0 Å². The van der Waals surface area contributed by atoms with Crippen LogP contribution in [0.5, 0.6) is 0 Å². The molecule has 3 aromatic rings. The van der Waals surface area contributed by atoms with Crippen molar-refractivity contribution in [2.24, 2.45) is 5.10 Å². The van der Waals surface area contributed by atoms with Gasteiger partial charge in [-0.15, -0.1) is 0 Å². The lowest BCUT2D eigenvalue weighted by atomic mass is 9.91. The molecule has 0 aliphatic heterocycles. The third-order valence-electron chi connectivity index (χ3n) is 3.90. The Labute approximate surface area is 156 Å². The van der Waals surface area contributed by atoms with Gasteiger partial charge in [0.2, 0.25) is 0 Å². The fourth-order valence-corrected chi connectivity index (χ4v) is 2.86. The topological polar surface area (TPSA) is 41.5 Å². The molecule has 130 valence electrons. The predicted octanol–water partition coefficient (Wildman–Crippen LogP) is 4.76. The average Bonchev–Trinajstić information content (AvgIpc) is 2.66. The monoisotopic (exact) mass is 366 g/mol. The van der Waals surface area contributed by atoms with Gasteiger partial charge in [0.25, 0.3) is 5.91 Å². The maximum atomic E-state index is 13.8. The summed E-state index contributed by atoms with van der Waals surface area (Å²) in [5, 5.41) is 4.11. The highest BCUT2D eigenvalue weighted by atomic mass is 35.5. The van der Waals surface area contributed by atoms with Crippen molar-refractivity contribution < 1.29 is 9.18 Å². The first-order valence-corrected chi connectivity index (χ1v) is 8.41. The van der Waals surface area contributed by atoms with Gasteiger partial charge in [0.1, 0.15) is 5.82 Å². The summed E-state index contributed by atoms with van der Waals surface area (Å²) in [6.07, 6.45) is 1.21. The predicted molar refractivity (Wildman–Crippen MR) is 102 cm³/mol. The van der Waals surface area contributed by atoms with Crippen LogP contribution >= 0.6 is 11.6 Å². The second-order valence-corrected chi connectivity index (χ2v) is 6.03. The van der Waals surface area contributed by atoms with E-state index in [-0.39, 0.29) is 16.5 Å². The van der Waals surface area contributed by atoms with E-state index in [4.69, 9.17) is 11.6 Å². The van der Waals surface area contributed by atoms with E-state index in [1.54, 1.807) is 6.07 Å². The van der Waals surface area contributed by atoms with Crippen LogP contribution in [0.3, 0.4) is 0 Å². The fourth-order valence-electron chi connectivity index (χ4n) is 2.65. The summed E-state index contributed by atoms with van der Waals surface area (Å²) in [4.78, 5) is 12.8. The molecule has 0 aromatic heterocycles. The van der Waals surface area contributed by atoms with E-state index < -0.39 is 11.7 Å². The number of nitrogens with zero attached hydrogens (tertiary/aromatic N) is 1. The first-order valence-electron chi connectivity index (χ1n) is 8.03. The van der Waals surface area contributed by atoms with Gasteiger partial charge in [-0.25, -0.2) is 9.82 Å². The van der Waals surface area contributed by atoms with Crippen LogP contribution in [0.1, 0.15) is 22.6 Å². The quantitative estimate of drug-likeness (QED) is 0.513. The number of halogens is 2. The highest BCUT2D eigenvalue weighted by Gasteiger charge is 2.22. The molecule has 0 bridgehead atoms. The first kappa shape index (κ1) is 17.8. The minimum Gasteiger partial charge on any atom is -0.272 e. The number of carbonyl (C=O) groups excluding carboxylic acids is 1. The van der Waals surface area contributed by atoms with Crippen molar-refractivity contribution in [3.8, 4) is 0 Å². The molecule has 0 saturated carbocycles. The Morgan fingerprint density at radius 3 is 2.04 bits per heavy atom. The zero-order valence-electron chi connectivity index (χ0n) is 13.8. The minimum atomic E-state index is -0.523. The third-order valence-corrected chi connectivity index (χ3v) is 4.23. The van der Waals surface area contributed by atoms with Gasteiger partial charge in [0.05, 0.1) is 17.2 Å². The van der Waals surface area contributed by atoms with Crippen molar-refractivity contribution in [3.63, 3.8) is 0 Å². The van der Waals surface area contributed by atoms with Crippen LogP contribution in [0.4, 0.5) is 4.39 Å². The Morgan fingerprint density at radius 1 is 0.923 bits per heavy atom. The second kappa shape index (κ2) is 8.41. The van der Waals surface area contributed by atoms with Crippen LogP contribution in [-0.2, 0) is 4.79 Å². The molecular formula is C21H16ClFN2O. The molecule has 5 heteroatoms. The van der Waals surface area contributed by atoms with E-state index in [0.717, 1.165) is 11.1 Å². The van der Waals surface area contributed by atoms with Gasteiger partial charge in [-0.3, -0.25) is 4.79 Å². The SMILES string of the molecule is O=C(NN=Cc1c(F)cccc1Cl)C(c1ccccc1)c1ccccc1. The lowest BCUT2D eigenvalue weighted by Gasteiger charge is -2.16. The van der Waals surface area contributed by atoms with E-state index in [9.17, 15) is 9.18 Å². The highest BCUT2D eigenvalue weighted by Crippen LogP contribution is 2.24. The molecule has 0 spiro atoms. The van der Waals surface area contributed by atoms with Gasteiger partial charge in [0, 0.05) is 5.56 Å². The van der Waals surface area contributed by atoms with E-state index in [1.807, 2.05) is 60.7 Å². The second-order valence-electron chi connectivity index (χ2n) is 5.62. The van der Waals surface area contributed by atoms with E-state index in [0.29, 0.717) is 0 Å². The molecular weight excluding hydrogens is 351 g/mol. The highest BCUT2D eigenvalue weighted by molar-refractivity contribution is 6.33. The molecule has 0 unspecified atom stereocenters. The van der Waals surface area contributed by atoms with Gasteiger partial charge < -0.3 is 0 Å². The van der Waals surface area contributed by atoms with Gasteiger partial charge >= 0.3 is 0 Å². The van der Waals surface area contributed by atoms with Crippen molar-refractivity contribution >= 4 is 23.7 Å².